The minimum atomic E-state index is -0.509. The van der Waals surface area contributed by atoms with E-state index in [2.05, 4.69) is 24.8 Å². The number of pyridine rings is 1. The summed E-state index contributed by atoms with van der Waals surface area (Å²) in [4.78, 5) is 22.2. The number of aromatic nitrogens is 1. The summed E-state index contributed by atoms with van der Waals surface area (Å²) in [7, 11) is 0. The number of rotatable bonds is 5. The molecule has 29 heavy (non-hydrogen) atoms. The summed E-state index contributed by atoms with van der Waals surface area (Å²) < 4.78 is 5.74. The number of nitrogens with zero attached hydrogens (tertiary/aromatic N) is 3. The van der Waals surface area contributed by atoms with E-state index in [0.29, 0.717) is 12.0 Å². The van der Waals surface area contributed by atoms with E-state index in [1.54, 1.807) is 0 Å². The smallest absolute Gasteiger partial charge is 0.416 e. The summed E-state index contributed by atoms with van der Waals surface area (Å²) >= 11 is 0. The van der Waals surface area contributed by atoms with Crippen molar-refractivity contribution in [1.82, 2.24) is 9.88 Å². The Labute approximate surface area is 176 Å². The highest BCUT2D eigenvalue weighted by molar-refractivity contribution is 5.87. The van der Waals surface area contributed by atoms with Crippen molar-refractivity contribution in [2.45, 2.75) is 97.2 Å². The van der Waals surface area contributed by atoms with E-state index in [4.69, 9.17) is 9.72 Å². The maximum absolute atomic E-state index is 13.0. The van der Waals surface area contributed by atoms with Crippen LogP contribution in [0.15, 0.2) is 18.3 Å². The minimum absolute atomic E-state index is 0.181. The van der Waals surface area contributed by atoms with Gasteiger partial charge in [-0.05, 0) is 70.5 Å². The number of hydrogen-bond donors (Lipinski definition) is 0. The predicted molar refractivity (Wildman–Crippen MR) is 118 cm³/mol. The number of likely N-dealkylation sites (tertiary alicyclic amines) is 1. The van der Waals surface area contributed by atoms with Crippen LogP contribution in [0.3, 0.4) is 0 Å². The fraction of sp³-hybridized carbons (Fsp3) is 0.750. The van der Waals surface area contributed by atoms with Gasteiger partial charge in [-0.15, -0.1) is 0 Å². The molecular formula is C24H39N3O2. The number of carbonyl (C=O) groups is 1. The fourth-order valence-electron chi connectivity index (χ4n) is 4.71. The van der Waals surface area contributed by atoms with Crippen LogP contribution in [0.5, 0.6) is 0 Å². The molecule has 0 unspecified atom stereocenters. The molecule has 0 radical (unpaired) electrons. The molecule has 2 heterocycles. The van der Waals surface area contributed by atoms with Gasteiger partial charge < -0.3 is 4.74 Å². The third kappa shape index (κ3) is 5.94. The molecule has 0 aromatic carbocycles. The van der Waals surface area contributed by atoms with Gasteiger partial charge in [0.1, 0.15) is 11.4 Å². The van der Waals surface area contributed by atoms with E-state index >= 15 is 0 Å². The summed E-state index contributed by atoms with van der Waals surface area (Å²) in [5, 5.41) is 0. The topological polar surface area (TPSA) is 45.7 Å². The van der Waals surface area contributed by atoms with Crippen LogP contribution in [0.1, 0.15) is 91.2 Å². The highest BCUT2D eigenvalue weighted by Gasteiger charge is 2.32. The Balaban J connectivity index is 1.80. The molecule has 0 spiro atoms. The zero-order valence-electron chi connectivity index (χ0n) is 19.0. The average molecular weight is 402 g/mol. The van der Waals surface area contributed by atoms with Crippen molar-refractivity contribution in [2.75, 3.05) is 18.0 Å². The van der Waals surface area contributed by atoms with Crippen LogP contribution < -0.4 is 4.90 Å². The van der Waals surface area contributed by atoms with Crippen molar-refractivity contribution in [1.29, 1.82) is 0 Å². The van der Waals surface area contributed by atoms with Gasteiger partial charge in [-0.1, -0.05) is 39.2 Å². The Morgan fingerprint density at radius 3 is 2.48 bits per heavy atom. The first kappa shape index (κ1) is 22.1. The van der Waals surface area contributed by atoms with Crippen LogP contribution in [-0.4, -0.2) is 40.7 Å². The van der Waals surface area contributed by atoms with E-state index in [9.17, 15) is 4.79 Å². The molecule has 1 aliphatic heterocycles. The number of hydrogen-bond acceptors (Lipinski definition) is 4. The third-order valence-corrected chi connectivity index (χ3v) is 5.90. The molecule has 1 atom stereocenters. The monoisotopic (exact) mass is 401 g/mol. The van der Waals surface area contributed by atoms with Crippen molar-refractivity contribution in [3.63, 3.8) is 0 Å². The average Bonchev–Trinajstić information content (AvgIpc) is 3.09. The molecular weight excluding hydrogens is 362 g/mol. The highest BCUT2D eigenvalue weighted by atomic mass is 16.6. The Morgan fingerprint density at radius 2 is 1.90 bits per heavy atom. The van der Waals surface area contributed by atoms with Crippen molar-refractivity contribution < 1.29 is 9.53 Å². The maximum atomic E-state index is 13.0. The molecule has 5 nitrogen and oxygen atoms in total. The predicted octanol–water partition coefficient (Wildman–Crippen LogP) is 5.95. The standard InChI is InChI=1S/C24H39N3O2/c1-18(2)17-26-15-9-12-21(26)19-13-14-22(25-16-19)27(20-10-7-6-8-11-20)23(28)29-24(3,4)5/h13-14,16,18,20-21H,6-12,15,17H2,1-5H3/t21-/m1/s1. The summed E-state index contributed by atoms with van der Waals surface area (Å²) in [6.07, 6.45) is 9.75. The van der Waals surface area contributed by atoms with Crippen LogP contribution in [-0.2, 0) is 4.74 Å². The lowest BCUT2D eigenvalue weighted by Gasteiger charge is -2.35. The molecule has 3 rings (SSSR count). The molecule has 1 aliphatic carbocycles. The van der Waals surface area contributed by atoms with Gasteiger partial charge >= 0.3 is 6.09 Å². The SMILES string of the molecule is CC(C)CN1CCC[C@@H]1c1ccc(N(C(=O)OC(C)(C)C)C2CCCCC2)nc1. The summed E-state index contributed by atoms with van der Waals surface area (Å²) in [6, 6.07) is 4.83. The number of ether oxygens (including phenoxy) is 1. The summed E-state index contributed by atoms with van der Waals surface area (Å²) in [6.45, 7) is 12.6. The second-order valence-electron chi connectivity index (χ2n) is 10.1. The zero-order valence-corrected chi connectivity index (χ0v) is 19.0. The van der Waals surface area contributed by atoms with E-state index in [0.717, 1.165) is 44.6 Å². The van der Waals surface area contributed by atoms with Gasteiger partial charge in [-0.3, -0.25) is 9.80 Å². The van der Waals surface area contributed by atoms with Crippen LogP contribution in [0.2, 0.25) is 0 Å². The first-order chi connectivity index (χ1) is 13.7. The van der Waals surface area contributed by atoms with Crippen molar-refractivity contribution in [2.24, 2.45) is 5.92 Å². The lowest BCUT2D eigenvalue weighted by atomic mass is 9.94. The lowest BCUT2D eigenvalue weighted by molar-refractivity contribution is 0.0556. The van der Waals surface area contributed by atoms with Gasteiger partial charge in [0.05, 0.1) is 0 Å². The molecule has 2 fully saturated rings. The zero-order chi connectivity index (χ0) is 21.0. The van der Waals surface area contributed by atoms with Crippen LogP contribution >= 0.6 is 0 Å². The van der Waals surface area contributed by atoms with Gasteiger partial charge in [-0.2, -0.15) is 0 Å². The molecule has 1 aromatic heterocycles. The summed E-state index contributed by atoms with van der Waals surface area (Å²) in [5.74, 6) is 1.39. The van der Waals surface area contributed by atoms with Gasteiger partial charge in [-0.25, -0.2) is 9.78 Å². The van der Waals surface area contributed by atoms with E-state index in [1.807, 2.05) is 37.9 Å². The van der Waals surface area contributed by atoms with Gasteiger partial charge in [0.15, 0.2) is 0 Å². The van der Waals surface area contributed by atoms with Crippen LogP contribution in [0.4, 0.5) is 10.6 Å². The van der Waals surface area contributed by atoms with Crippen LogP contribution in [0, 0.1) is 5.92 Å². The largest absolute Gasteiger partial charge is 0.443 e. The van der Waals surface area contributed by atoms with E-state index in [-0.39, 0.29) is 12.1 Å². The molecule has 1 amide bonds. The second-order valence-corrected chi connectivity index (χ2v) is 10.1. The normalized spacial score (nSPS) is 21.5. The maximum Gasteiger partial charge on any atom is 0.416 e. The molecule has 0 N–H and O–H groups in total. The fourth-order valence-corrected chi connectivity index (χ4v) is 4.71. The van der Waals surface area contributed by atoms with Crippen molar-refractivity contribution >= 4 is 11.9 Å². The summed E-state index contributed by atoms with van der Waals surface area (Å²) in [5.41, 5.74) is 0.755. The Bertz CT molecular complexity index is 660. The Morgan fingerprint density at radius 1 is 1.17 bits per heavy atom. The second kappa shape index (κ2) is 9.46. The van der Waals surface area contributed by atoms with Crippen molar-refractivity contribution in [3.05, 3.63) is 23.9 Å². The van der Waals surface area contributed by atoms with Gasteiger partial charge in [0.25, 0.3) is 0 Å². The Kier molecular flexibility index (Phi) is 7.20. The molecule has 5 heteroatoms. The van der Waals surface area contributed by atoms with Crippen LogP contribution in [0.25, 0.3) is 0 Å². The van der Waals surface area contributed by atoms with Crippen molar-refractivity contribution in [3.8, 4) is 0 Å². The molecule has 2 aliphatic rings. The van der Waals surface area contributed by atoms with E-state index < -0.39 is 5.60 Å². The van der Waals surface area contributed by atoms with E-state index in [1.165, 1.54) is 24.8 Å². The number of carbonyl (C=O) groups excluding carboxylic acids is 1. The molecule has 0 bridgehead atoms. The molecule has 1 saturated heterocycles. The van der Waals surface area contributed by atoms with Gasteiger partial charge in [0, 0.05) is 24.8 Å². The Hall–Kier alpha value is -1.62. The molecule has 1 aromatic rings. The minimum Gasteiger partial charge on any atom is -0.443 e. The number of amides is 1. The van der Waals surface area contributed by atoms with Gasteiger partial charge in [0.2, 0.25) is 0 Å². The molecule has 162 valence electrons. The third-order valence-electron chi connectivity index (χ3n) is 5.90. The first-order valence-corrected chi connectivity index (χ1v) is 11.5. The first-order valence-electron chi connectivity index (χ1n) is 11.5. The number of anilines is 1. The molecule has 1 saturated carbocycles. The highest BCUT2D eigenvalue weighted by Crippen LogP contribution is 2.34. The quantitative estimate of drug-likeness (QED) is 0.612. The lowest BCUT2D eigenvalue weighted by Crippen LogP contribution is -2.45.